The number of aliphatic hydroxyl groups is 1. The van der Waals surface area contributed by atoms with Crippen LogP contribution in [0.15, 0.2) is 12.3 Å². The van der Waals surface area contributed by atoms with Crippen LogP contribution in [0.4, 0.5) is 11.8 Å². The maximum atomic E-state index is 9.60. The number of fused-ring (bicyclic) bond motifs is 1. The first-order valence-corrected chi connectivity index (χ1v) is 13.7. The lowest BCUT2D eigenvalue weighted by Crippen LogP contribution is -2.20. The fourth-order valence-corrected chi connectivity index (χ4v) is 6.44. The predicted molar refractivity (Wildman–Crippen MR) is 141 cm³/mol. The van der Waals surface area contributed by atoms with E-state index in [1.807, 2.05) is 26.1 Å². The third kappa shape index (κ3) is 5.73. The van der Waals surface area contributed by atoms with Gasteiger partial charge in [0.25, 0.3) is 0 Å². The molecule has 3 heterocycles. The molecule has 2 aliphatic rings. The van der Waals surface area contributed by atoms with Crippen LogP contribution >= 0.6 is 11.3 Å². The summed E-state index contributed by atoms with van der Waals surface area (Å²) in [6.07, 6.45) is 10.1. The molecule has 9 heteroatoms. The van der Waals surface area contributed by atoms with Crippen molar-refractivity contribution in [3.8, 4) is 10.6 Å². The van der Waals surface area contributed by atoms with Crippen molar-refractivity contribution < 1.29 is 9.84 Å². The quantitative estimate of drug-likeness (QED) is 0.338. The molecule has 3 N–H and O–H groups in total. The molecule has 35 heavy (non-hydrogen) atoms. The number of aliphatic hydroxyl groups excluding tert-OH is 1. The summed E-state index contributed by atoms with van der Waals surface area (Å²) in [4.78, 5) is 19.0. The highest BCUT2D eigenvalue weighted by Gasteiger charge is 2.27. The second-order valence-electron chi connectivity index (χ2n) is 9.97. The molecule has 8 nitrogen and oxygen atoms in total. The van der Waals surface area contributed by atoms with E-state index in [9.17, 15) is 5.11 Å². The summed E-state index contributed by atoms with van der Waals surface area (Å²) < 4.78 is 7.01. The number of nitrogens with zero attached hydrogens (tertiary/aromatic N) is 4. The second-order valence-corrected chi connectivity index (χ2v) is 11.0. The predicted octanol–water partition coefficient (Wildman–Crippen LogP) is 4.96. The Hall–Kier alpha value is -2.36. The lowest BCUT2D eigenvalue weighted by atomic mass is 10.1. The van der Waals surface area contributed by atoms with E-state index in [0.29, 0.717) is 25.0 Å². The molecule has 3 aromatic heterocycles. The summed E-state index contributed by atoms with van der Waals surface area (Å²) in [6, 6.07) is 2.29. The summed E-state index contributed by atoms with van der Waals surface area (Å²) in [6.45, 7) is 6.43. The van der Waals surface area contributed by atoms with E-state index in [2.05, 4.69) is 15.6 Å². The number of thiazole rings is 1. The van der Waals surface area contributed by atoms with Gasteiger partial charge in [0.15, 0.2) is 0 Å². The van der Waals surface area contributed by atoms with Crippen LogP contribution in [0, 0.1) is 25.7 Å². The Morgan fingerprint density at radius 3 is 2.69 bits per heavy atom. The molecule has 2 atom stereocenters. The summed E-state index contributed by atoms with van der Waals surface area (Å²) in [5, 5.41) is 17.5. The van der Waals surface area contributed by atoms with E-state index in [0.717, 1.165) is 69.8 Å². The summed E-state index contributed by atoms with van der Waals surface area (Å²) >= 11 is 1.65. The van der Waals surface area contributed by atoms with Gasteiger partial charge in [0.05, 0.1) is 28.3 Å². The van der Waals surface area contributed by atoms with Gasteiger partial charge in [-0.15, -0.1) is 11.3 Å². The molecular weight excluding hydrogens is 460 g/mol. The van der Waals surface area contributed by atoms with Crippen molar-refractivity contribution in [1.29, 1.82) is 0 Å². The number of anilines is 2. The molecule has 2 saturated carbocycles. The zero-order valence-electron chi connectivity index (χ0n) is 20.7. The maximum Gasteiger partial charge on any atom is 0.224 e. The fourth-order valence-electron chi connectivity index (χ4n) is 5.33. The van der Waals surface area contributed by atoms with Gasteiger partial charge in [-0.25, -0.2) is 9.97 Å². The number of aryl methyl sites for hydroxylation is 2. The minimum atomic E-state index is 0.242. The molecule has 0 aromatic carbocycles. The van der Waals surface area contributed by atoms with Crippen molar-refractivity contribution in [1.82, 2.24) is 19.9 Å². The van der Waals surface area contributed by atoms with E-state index >= 15 is 0 Å². The smallest absolute Gasteiger partial charge is 0.224 e. The Morgan fingerprint density at radius 2 is 1.91 bits per heavy atom. The number of rotatable bonds is 10. The number of nitrogens with one attached hydrogen (secondary N) is 2. The average molecular weight is 497 g/mol. The Kier molecular flexibility index (Phi) is 7.75. The molecule has 0 spiro atoms. The maximum absolute atomic E-state index is 9.60. The highest BCUT2D eigenvalue weighted by atomic mass is 32.1. The van der Waals surface area contributed by atoms with Gasteiger partial charge in [0, 0.05) is 32.0 Å². The Labute approximate surface area is 211 Å². The van der Waals surface area contributed by atoms with Gasteiger partial charge in [0.2, 0.25) is 5.95 Å². The van der Waals surface area contributed by atoms with Crippen LogP contribution in [0.5, 0.6) is 0 Å². The van der Waals surface area contributed by atoms with E-state index in [-0.39, 0.29) is 12.6 Å². The normalized spacial score (nSPS) is 20.7. The number of aromatic nitrogens is 4. The summed E-state index contributed by atoms with van der Waals surface area (Å²) in [7, 11) is 0. The van der Waals surface area contributed by atoms with E-state index in [4.69, 9.17) is 19.7 Å². The Morgan fingerprint density at radius 1 is 1.06 bits per heavy atom. The van der Waals surface area contributed by atoms with Gasteiger partial charge >= 0.3 is 0 Å². The first kappa shape index (κ1) is 24.3. The lowest BCUT2D eigenvalue weighted by molar-refractivity contribution is 0.109. The molecule has 0 aliphatic heterocycles. The molecule has 0 radical (unpaired) electrons. The summed E-state index contributed by atoms with van der Waals surface area (Å²) in [5.74, 6) is 2.49. The highest BCUT2D eigenvalue weighted by molar-refractivity contribution is 7.21. The van der Waals surface area contributed by atoms with Gasteiger partial charge in [-0.2, -0.15) is 4.98 Å². The molecule has 0 amide bonds. The van der Waals surface area contributed by atoms with Crippen LogP contribution in [0.3, 0.4) is 0 Å². The van der Waals surface area contributed by atoms with Crippen molar-refractivity contribution in [3.05, 3.63) is 23.7 Å². The minimum absolute atomic E-state index is 0.242. The molecule has 5 rings (SSSR count). The molecule has 0 saturated heterocycles. The largest absolute Gasteiger partial charge is 0.396 e. The zero-order chi connectivity index (χ0) is 24.2. The standard InChI is InChI=1S/C26H36N6O2S/c1-16-22(25-31-23-17(2)27-10-9-21(23)35-25)24(30-20-8-7-19(13-20)14-33)32-26(29-16)28-11-12-34-15-18-5-3-4-6-18/h9-10,18-20,33H,3-8,11-15H2,1-2H3,(H2,28,29,30,32). The van der Waals surface area contributed by atoms with Crippen molar-refractivity contribution >= 4 is 33.3 Å². The number of hydrogen-bond donors (Lipinski definition) is 3. The SMILES string of the molecule is Cc1nc(NCCOCC2CCCC2)nc(NC2CCC(CO)C2)c1-c1nc2c(C)nccc2s1. The van der Waals surface area contributed by atoms with Gasteiger partial charge < -0.3 is 20.5 Å². The van der Waals surface area contributed by atoms with Crippen molar-refractivity contribution in [2.24, 2.45) is 11.8 Å². The third-order valence-electron chi connectivity index (χ3n) is 7.29. The molecule has 2 aliphatic carbocycles. The molecule has 3 aromatic rings. The molecular formula is C26H36N6O2S. The molecule has 0 bridgehead atoms. The monoisotopic (exact) mass is 496 g/mol. The first-order valence-electron chi connectivity index (χ1n) is 12.9. The number of hydrogen-bond acceptors (Lipinski definition) is 9. The van der Waals surface area contributed by atoms with Crippen molar-refractivity contribution in [3.63, 3.8) is 0 Å². The number of ether oxygens (including phenoxy) is 1. The van der Waals surface area contributed by atoms with Crippen molar-refractivity contribution in [2.45, 2.75) is 64.8 Å². The summed E-state index contributed by atoms with van der Waals surface area (Å²) in [5.41, 5.74) is 3.69. The van der Waals surface area contributed by atoms with E-state index in [1.54, 1.807) is 11.3 Å². The van der Waals surface area contributed by atoms with Gasteiger partial charge in [0.1, 0.15) is 16.3 Å². The van der Waals surface area contributed by atoms with Gasteiger partial charge in [-0.1, -0.05) is 12.8 Å². The first-order chi connectivity index (χ1) is 17.1. The zero-order valence-corrected chi connectivity index (χ0v) is 21.5. The van der Waals surface area contributed by atoms with Gasteiger partial charge in [-0.3, -0.25) is 4.98 Å². The minimum Gasteiger partial charge on any atom is -0.396 e. The highest BCUT2D eigenvalue weighted by Crippen LogP contribution is 2.38. The Bertz CT molecular complexity index is 1150. The third-order valence-corrected chi connectivity index (χ3v) is 8.33. The van der Waals surface area contributed by atoms with Crippen LogP contribution in [0.1, 0.15) is 56.3 Å². The van der Waals surface area contributed by atoms with E-state index in [1.165, 1.54) is 25.7 Å². The average Bonchev–Trinajstić information content (AvgIpc) is 3.60. The van der Waals surface area contributed by atoms with Crippen LogP contribution < -0.4 is 10.6 Å². The van der Waals surface area contributed by atoms with Crippen LogP contribution in [0.25, 0.3) is 20.8 Å². The fraction of sp³-hybridized carbons (Fsp3) is 0.615. The van der Waals surface area contributed by atoms with Gasteiger partial charge in [-0.05, 0) is 63.9 Å². The van der Waals surface area contributed by atoms with Crippen molar-refractivity contribution in [2.75, 3.05) is 37.0 Å². The molecule has 2 fully saturated rings. The second kappa shape index (κ2) is 11.1. The Balaban J connectivity index is 1.35. The number of pyridine rings is 1. The van der Waals surface area contributed by atoms with Crippen LogP contribution in [-0.4, -0.2) is 57.4 Å². The van der Waals surface area contributed by atoms with E-state index < -0.39 is 0 Å². The van der Waals surface area contributed by atoms with Crippen LogP contribution in [0.2, 0.25) is 0 Å². The molecule has 188 valence electrons. The molecule has 2 unspecified atom stereocenters. The topological polar surface area (TPSA) is 105 Å². The lowest BCUT2D eigenvalue weighted by Gasteiger charge is -2.18. The van der Waals surface area contributed by atoms with Crippen LogP contribution in [-0.2, 0) is 4.74 Å².